The first-order valence-electron chi connectivity index (χ1n) is 6.16. The van der Waals surface area contributed by atoms with Crippen LogP contribution in [0.4, 0.5) is 0 Å². The summed E-state index contributed by atoms with van der Waals surface area (Å²) in [6.07, 6.45) is 3.44. The molecule has 0 aliphatic heterocycles. The van der Waals surface area contributed by atoms with Crippen LogP contribution < -0.4 is 19.9 Å². The predicted molar refractivity (Wildman–Crippen MR) is 76.4 cm³/mol. The SMILES string of the molecule is COc1cc(OC)c(C(N)c2cccnc2)c(OC)c1. The van der Waals surface area contributed by atoms with E-state index >= 15 is 0 Å². The molecule has 0 saturated heterocycles. The molecule has 1 atom stereocenters. The number of hydrogen-bond donors (Lipinski definition) is 1. The second kappa shape index (κ2) is 6.25. The van der Waals surface area contributed by atoms with Crippen LogP contribution in [0.5, 0.6) is 17.2 Å². The van der Waals surface area contributed by atoms with Crippen molar-refractivity contribution < 1.29 is 14.2 Å². The minimum Gasteiger partial charge on any atom is -0.496 e. The molecule has 0 spiro atoms. The molecule has 2 N–H and O–H groups in total. The third-order valence-electron chi connectivity index (χ3n) is 3.11. The molecule has 0 bridgehead atoms. The summed E-state index contributed by atoms with van der Waals surface area (Å²) in [5.74, 6) is 1.90. The Hall–Kier alpha value is -2.27. The second-order valence-electron chi connectivity index (χ2n) is 4.21. The third-order valence-corrected chi connectivity index (χ3v) is 3.11. The van der Waals surface area contributed by atoms with Gasteiger partial charge in [-0.25, -0.2) is 0 Å². The number of rotatable bonds is 5. The average Bonchev–Trinajstić information content (AvgIpc) is 2.53. The van der Waals surface area contributed by atoms with E-state index in [1.54, 1.807) is 45.9 Å². The average molecular weight is 274 g/mol. The first kappa shape index (κ1) is 14.1. The van der Waals surface area contributed by atoms with Crippen molar-refractivity contribution in [3.8, 4) is 17.2 Å². The molecule has 0 fully saturated rings. The molecule has 0 saturated carbocycles. The molecule has 106 valence electrons. The van der Waals surface area contributed by atoms with Crippen molar-refractivity contribution in [3.05, 3.63) is 47.8 Å². The van der Waals surface area contributed by atoms with Crippen LogP contribution in [-0.4, -0.2) is 26.3 Å². The van der Waals surface area contributed by atoms with Crippen LogP contribution in [0.1, 0.15) is 17.2 Å². The quantitative estimate of drug-likeness (QED) is 0.905. The largest absolute Gasteiger partial charge is 0.496 e. The van der Waals surface area contributed by atoms with Gasteiger partial charge in [0.05, 0.1) is 32.9 Å². The number of methoxy groups -OCH3 is 3. The highest BCUT2D eigenvalue weighted by Gasteiger charge is 2.21. The number of aromatic nitrogens is 1. The van der Waals surface area contributed by atoms with Crippen LogP contribution in [-0.2, 0) is 0 Å². The van der Waals surface area contributed by atoms with Crippen LogP contribution >= 0.6 is 0 Å². The number of nitrogens with zero attached hydrogens (tertiary/aromatic N) is 1. The van der Waals surface area contributed by atoms with E-state index in [9.17, 15) is 0 Å². The van der Waals surface area contributed by atoms with Gasteiger partial charge in [0.2, 0.25) is 0 Å². The topological polar surface area (TPSA) is 66.6 Å². The Morgan fingerprint density at radius 1 is 1.05 bits per heavy atom. The van der Waals surface area contributed by atoms with Gasteiger partial charge in [-0.2, -0.15) is 0 Å². The molecule has 2 rings (SSSR count). The van der Waals surface area contributed by atoms with Gasteiger partial charge in [0.25, 0.3) is 0 Å². The molecule has 5 heteroatoms. The maximum absolute atomic E-state index is 6.32. The first-order valence-corrected chi connectivity index (χ1v) is 6.16. The van der Waals surface area contributed by atoms with Crippen LogP contribution in [0, 0.1) is 0 Å². The Kier molecular flexibility index (Phi) is 4.42. The summed E-state index contributed by atoms with van der Waals surface area (Å²) in [5.41, 5.74) is 7.97. The van der Waals surface area contributed by atoms with Gasteiger partial charge < -0.3 is 19.9 Å². The summed E-state index contributed by atoms with van der Waals surface area (Å²) < 4.78 is 16.1. The highest BCUT2D eigenvalue weighted by atomic mass is 16.5. The molecule has 5 nitrogen and oxygen atoms in total. The van der Waals surface area contributed by atoms with E-state index in [0.29, 0.717) is 17.2 Å². The zero-order valence-corrected chi connectivity index (χ0v) is 11.8. The Morgan fingerprint density at radius 2 is 1.70 bits per heavy atom. The third kappa shape index (κ3) is 2.67. The lowest BCUT2D eigenvalue weighted by Gasteiger charge is -2.20. The van der Waals surface area contributed by atoms with Crippen molar-refractivity contribution in [1.82, 2.24) is 4.98 Å². The van der Waals surface area contributed by atoms with E-state index in [1.807, 2.05) is 12.1 Å². The van der Waals surface area contributed by atoms with E-state index < -0.39 is 0 Å². The summed E-state index contributed by atoms with van der Waals surface area (Å²) >= 11 is 0. The van der Waals surface area contributed by atoms with Crippen molar-refractivity contribution in [2.75, 3.05) is 21.3 Å². The molecule has 0 amide bonds. The molecule has 0 aliphatic carbocycles. The van der Waals surface area contributed by atoms with E-state index in [-0.39, 0.29) is 6.04 Å². The zero-order valence-electron chi connectivity index (χ0n) is 11.8. The monoisotopic (exact) mass is 274 g/mol. The van der Waals surface area contributed by atoms with Gasteiger partial charge in [0.1, 0.15) is 17.2 Å². The molecule has 0 radical (unpaired) electrons. The number of pyridine rings is 1. The van der Waals surface area contributed by atoms with Crippen molar-refractivity contribution >= 4 is 0 Å². The maximum Gasteiger partial charge on any atom is 0.131 e. The van der Waals surface area contributed by atoms with Crippen LogP contribution in [0.25, 0.3) is 0 Å². The summed E-state index contributed by atoms with van der Waals surface area (Å²) in [6, 6.07) is 6.94. The standard InChI is InChI=1S/C15H18N2O3/c1-18-11-7-12(19-2)14(13(8-11)20-3)15(16)10-5-4-6-17-9-10/h4-9,15H,16H2,1-3H3. The fourth-order valence-electron chi connectivity index (χ4n) is 2.07. The van der Waals surface area contributed by atoms with Gasteiger partial charge in [-0.1, -0.05) is 6.07 Å². The van der Waals surface area contributed by atoms with Crippen LogP contribution in [0.15, 0.2) is 36.7 Å². The van der Waals surface area contributed by atoms with E-state index in [4.69, 9.17) is 19.9 Å². The van der Waals surface area contributed by atoms with E-state index in [0.717, 1.165) is 11.1 Å². The molecule has 2 aromatic rings. The molecular formula is C15H18N2O3. The fourth-order valence-corrected chi connectivity index (χ4v) is 2.07. The molecular weight excluding hydrogens is 256 g/mol. The van der Waals surface area contributed by atoms with Gasteiger partial charge in [0.15, 0.2) is 0 Å². The van der Waals surface area contributed by atoms with Crippen molar-refractivity contribution in [2.45, 2.75) is 6.04 Å². The lowest BCUT2D eigenvalue weighted by Crippen LogP contribution is -2.14. The summed E-state index contributed by atoms with van der Waals surface area (Å²) in [6.45, 7) is 0. The number of hydrogen-bond acceptors (Lipinski definition) is 5. The lowest BCUT2D eigenvalue weighted by molar-refractivity contribution is 0.366. The first-order chi connectivity index (χ1) is 9.71. The number of ether oxygens (including phenoxy) is 3. The fraction of sp³-hybridized carbons (Fsp3) is 0.267. The highest BCUT2D eigenvalue weighted by molar-refractivity contribution is 5.54. The van der Waals surface area contributed by atoms with Crippen molar-refractivity contribution in [3.63, 3.8) is 0 Å². The Balaban J connectivity index is 2.54. The van der Waals surface area contributed by atoms with Gasteiger partial charge in [0, 0.05) is 24.5 Å². The summed E-state index contributed by atoms with van der Waals surface area (Å²) in [4.78, 5) is 4.09. The van der Waals surface area contributed by atoms with Gasteiger partial charge in [-0.05, 0) is 11.6 Å². The second-order valence-corrected chi connectivity index (χ2v) is 4.21. The minimum absolute atomic E-state index is 0.389. The summed E-state index contributed by atoms with van der Waals surface area (Å²) in [7, 11) is 4.77. The summed E-state index contributed by atoms with van der Waals surface area (Å²) in [5, 5.41) is 0. The van der Waals surface area contributed by atoms with E-state index in [2.05, 4.69) is 4.98 Å². The van der Waals surface area contributed by atoms with Crippen LogP contribution in [0.3, 0.4) is 0 Å². The smallest absolute Gasteiger partial charge is 0.131 e. The lowest BCUT2D eigenvalue weighted by atomic mass is 9.99. The molecule has 1 heterocycles. The highest BCUT2D eigenvalue weighted by Crippen LogP contribution is 2.39. The van der Waals surface area contributed by atoms with Crippen molar-refractivity contribution in [2.24, 2.45) is 5.73 Å². The molecule has 1 unspecified atom stereocenters. The Bertz CT molecular complexity index is 548. The number of nitrogens with two attached hydrogens (primary N) is 1. The Morgan fingerprint density at radius 3 is 2.15 bits per heavy atom. The molecule has 0 aliphatic rings. The molecule has 1 aromatic heterocycles. The Labute approximate surface area is 118 Å². The maximum atomic E-state index is 6.32. The van der Waals surface area contributed by atoms with Gasteiger partial charge in [-0.3, -0.25) is 4.98 Å². The normalized spacial score (nSPS) is 11.8. The molecule has 20 heavy (non-hydrogen) atoms. The van der Waals surface area contributed by atoms with Crippen molar-refractivity contribution in [1.29, 1.82) is 0 Å². The predicted octanol–water partition coefficient (Wildman–Crippen LogP) is 2.16. The van der Waals surface area contributed by atoms with Crippen LogP contribution in [0.2, 0.25) is 0 Å². The van der Waals surface area contributed by atoms with Gasteiger partial charge >= 0.3 is 0 Å². The van der Waals surface area contributed by atoms with E-state index in [1.165, 1.54) is 0 Å². The zero-order chi connectivity index (χ0) is 14.5. The number of benzene rings is 1. The van der Waals surface area contributed by atoms with Gasteiger partial charge in [-0.15, -0.1) is 0 Å². The minimum atomic E-state index is -0.389. The molecule has 1 aromatic carbocycles.